The molecule has 2 heterocycles. The molecule has 0 unspecified atom stereocenters. The van der Waals surface area contributed by atoms with Crippen LogP contribution in [-0.4, -0.2) is 46.0 Å². The molecule has 9 nitrogen and oxygen atoms in total. The molecule has 2 aromatic rings. The van der Waals surface area contributed by atoms with Gasteiger partial charge in [0.1, 0.15) is 6.04 Å². The lowest BCUT2D eigenvalue weighted by molar-refractivity contribution is -0.133. The monoisotopic (exact) mass is 329 g/mol. The van der Waals surface area contributed by atoms with Gasteiger partial charge in [-0.15, -0.1) is 10.2 Å². The topological polar surface area (TPSA) is 117 Å². The molecule has 24 heavy (non-hydrogen) atoms. The number of carbonyl (C=O) groups excluding carboxylic acids is 3. The van der Waals surface area contributed by atoms with Gasteiger partial charge in [-0.05, 0) is 12.1 Å². The highest BCUT2D eigenvalue weighted by Crippen LogP contribution is 2.17. The minimum absolute atomic E-state index is 0.112. The Balaban J connectivity index is 1.59. The van der Waals surface area contributed by atoms with Gasteiger partial charge in [0.15, 0.2) is 0 Å². The number of hydrogen-bond acceptors (Lipinski definition) is 6. The van der Waals surface area contributed by atoms with Gasteiger partial charge in [-0.3, -0.25) is 14.9 Å². The number of rotatable bonds is 5. The second-order valence-electron chi connectivity index (χ2n) is 5.34. The molecule has 0 saturated carbocycles. The average molecular weight is 329 g/mol. The second-order valence-corrected chi connectivity index (χ2v) is 5.34. The third-order valence-electron chi connectivity index (χ3n) is 3.52. The van der Waals surface area contributed by atoms with Crippen LogP contribution in [0.2, 0.25) is 0 Å². The molecule has 2 N–H and O–H groups in total. The number of urea groups is 1. The molecule has 0 bridgehead atoms. The van der Waals surface area contributed by atoms with Crippen LogP contribution in [0.3, 0.4) is 0 Å². The van der Waals surface area contributed by atoms with Crippen molar-refractivity contribution in [1.29, 1.82) is 0 Å². The summed E-state index contributed by atoms with van der Waals surface area (Å²) in [5, 5.41) is 12.3. The Bertz CT molecular complexity index is 773. The smallest absolute Gasteiger partial charge is 0.322 e. The number of aromatic nitrogens is 2. The zero-order valence-electron chi connectivity index (χ0n) is 12.9. The first-order valence-electron chi connectivity index (χ1n) is 7.26. The van der Waals surface area contributed by atoms with Crippen molar-refractivity contribution in [3.8, 4) is 11.5 Å². The Labute approximate surface area is 137 Å². The van der Waals surface area contributed by atoms with Gasteiger partial charge in [-0.1, -0.05) is 18.2 Å². The summed E-state index contributed by atoms with van der Waals surface area (Å²) < 4.78 is 5.53. The first-order valence-corrected chi connectivity index (χ1v) is 7.26. The summed E-state index contributed by atoms with van der Waals surface area (Å²) in [5.74, 6) is -0.179. The highest BCUT2D eigenvalue weighted by Gasteiger charge is 2.32. The second kappa shape index (κ2) is 6.49. The molecule has 0 aliphatic carbocycles. The molecular weight excluding hydrogens is 314 g/mol. The molecule has 124 valence electrons. The quantitative estimate of drug-likeness (QED) is 0.762. The number of nitrogens with one attached hydrogen (secondary N) is 2. The lowest BCUT2D eigenvalue weighted by Gasteiger charge is -2.16. The summed E-state index contributed by atoms with van der Waals surface area (Å²) in [6, 6.07) is 7.83. The largest absolute Gasteiger partial charge is 0.419 e. The molecule has 1 aliphatic rings. The Morgan fingerprint density at radius 2 is 2.00 bits per heavy atom. The van der Waals surface area contributed by atoms with Crippen LogP contribution in [0.1, 0.15) is 12.3 Å². The number of benzene rings is 1. The zero-order valence-corrected chi connectivity index (χ0v) is 12.9. The van der Waals surface area contributed by atoms with Crippen molar-refractivity contribution in [1.82, 2.24) is 25.7 Å². The maximum absolute atomic E-state index is 12.1. The van der Waals surface area contributed by atoms with Gasteiger partial charge < -0.3 is 14.6 Å². The normalized spacial score (nSPS) is 16.6. The van der Waals surface area contributed by atoms with Gasteiger partial charge >= 0.3 is 6.03 Å². The van der Waals surface area contributed by atoms with E-state index in [-0.39, 0.29) is 24.8 Å². The van der Waals surface area contributed by atoms with Crippen LogP contribution >= 0.6 is 0 Å². The molecule has 0 radical (unpaired) electrons. The predicted octanol–water partition coefficient (Wildman–Crippen LogP) is 0.293. The Kier molecular flexibility index (Phi) is 4.23. The van der Waals surface area contributed by atoms with Crippen LogP contribution in [-0.2, 0) is 16.1 Å². The van der Waals surface area contributed by atoms with Crippen LogP contribution in [0.15, 0.2) is 34.7 Å². The molecule has 1 aliphatic heterocycles. The number of imide groups is 1. The van der Waals surface area contributed by atoms with E-state index in [1.165, 1.54) is 4.90 Å². The molecule has 1 fully saturated rings. The van der Waals surface area contributed by atoms with Crippen LogP contribution in [0.5, 0.6) is 0 Å². The maximum Gasteiger partial charge on any atom is 0.322 e. The van der Waals surface area contributed by atoms with Crippen LogP contribution in [0, 0.1) is 0 Å². The van der Waals surface area contributed by atoms with E-state index in [1.54, 1.807) is 7.05 Å². The van der Waals surface area contributed by atoms with Crippen molar-refractivity contribution >= 4 is 17.8 Å². The van der Waals surface area contributed by atoms with Crippen molar-refractivity contribution in [2.75, 3.05) is 7.05 Å². The standard InChI is InChI=1S/C15H15N5O4/c1-20(12(21)7-10-13(22)17-15(23)16-10)8-11-18-19-14(24-11)9-5-3-2-4-6-9/h2-6,10H,7-8H2,1H3,(H2,16,17,22,23)/t10-/m0/s1. The van der Waals surface area contributed by atoms with Crippen molar-refractivity contribution in [3.63, 3.8) is 0 Å². The summed E-state index contributed by atoms with van der Waals surface area (Å²) in [5.41, 5.74) is 0.788. The number of carbonyl (C=O) groups is 3. The van der Waals surface area contributed by atoms with E-state index in [0.29, 0.717) is 5.89 Å². The third kappa shape index (κ3) is 3.40. The van der Waals surface area contributed by atoms with E-state index in [0.717, 1.165) is 5.56 Å². The fourth-order valence-corrected chi connectivity index (χ4v) is 2.24. The van der Waals surface area contributed by atoms with Crippen molar-refractivity contribution in [2.45, 2.75) is 19.0 Å². The van der Waals surface area contributed by atoms with E-state index < -0.39 is 18.0 Å². The van der Waals surface area contributed by atoms with Crippen molar-refractivity contribution in [2.24, 2.45) is 0 Å². The van der Waals surface area contributed by atoms with Gasteiger partial charge in [0.25, 0.3) is 5.91 Å². The number of nitrogens with zero attached hydrogens (tertiary/aromatic N) is 3. The summed E-state index contributed by atoms with van der Waals surface area (Å²) in [6.07, 6.45) is -0.131. The van der Waals surface area contributed by atoms with E-state index in [1.807, 2.05) is 30.3 Å². The summed E-state index contributed by atoms with van der Waals surface area (Å²) in [4.78, 5) is 36.0. The van der Waals surface area contributed by atoms with E-state index in [4.69, 9.17) is 4.42 Å². The SMILES string of the molecule is CN(Cc1nnc(-c2ccccc2)o1)C(=O)C[C@@H]1NC(=O)NC1=O. The molecule has 1 atom stereocenters. The fourth-order valence-electron chi connectivity index (χ4n) is 2.24. The summed E-state index contributed by atoms with van der Waals surface area (Å²) in [6.45, 7) is 0.112. The van der Waals surface area contributed by atoms with Gasteiger partial charge in [-0.2, -0.15) is 0 Å². The van der Waals surface area contributed by atoms with Crippen LogP contribution < -0.4 is 10.6 Å². The van der Waals surface area contributed by atoms with E-state index >= 15 is 0 Å². The zero-order chi connectivity index (χ0) is 17.1. The molecule has 9 heteroatoms. The average Bonchev–Trinajstić information content (AvgIpc) is 3.15. The highest BCUT2D eigenvalue weighted by molar-refractivity contribution is 6.05. The van der Waals surface area contributed by atoms with Gasteiger partial charge in [-0.25, -0.2) is 4.79 Å². The molecule has 3 rings (SSSR count). The van der Waals surface area contributed by atoms with Gasteiger partial charge in [0.05, 0.1) is 13.0 Å². The van der Waals surface area contributed by atoms with Gasteiger partial charge in [0, 0.05) is 12.6 Å². The summed E-state index contributed by atoms with van der Waals surface area (Å²) in [7, 11) is 1.56. The number of hydrogen-bond donors (Lipinski definition) is 2. The van der Waals surface area contributed by atoms with Crippen LogP contribution in [0.25, 0.3) is 11.5 Å². The lowest BCUT2D eigenvalue weighted by Crippen LogP contribution is -2.37. The molecule has 1 aromatic carbocycles. The van der Waals surface area contributed by atoms with Crippen molar-refractivity contribution < 1.29 is 18.8 Å². The van der Waals surface area contributed by atoms with Gasteiger partial charge in [0.2, 0.25) is 17.7 Å². The molecule has 4 amide bonds. The predicted molar refractivity (Wildman–Crippen MR) is 81.3 cm³/mol. The third-order valence-corrected chi connectivity index (χ3v) is 3.52. The minimum Gasteiger partial charge on any atom is -0.419 e. The summed E-state index contributed by atoms with van der Waals surface area (Å²) >= 11 is 0. The maximum atomic E-state index is 12.1. The molecular formula is C15H15N5O4. The fraction of sp³-hybridized carbons (Fsp3) is 0.267. The lowest BCUT2D eigenvalue weighted by atomic mass is 10.2. The Morgan fingerprint density at radius 3 is 2.67 bits per heavy atom. The van der Waals surface area contributed by atoms with Crippen LogP contribution in [0.4, 0.5) is 4.79 Å². The highest BCUT2D eigenvalue weighted by atomic mass is 16.4. The first kappa shape index (κ1) is 15.7. The molecule has 1 saturated heterocycles. The van der Waals surface area contributed by atoms with E-state index in [2.05, 4.69) is 20.8 Å². The minimum atomic E-state index is -0.852. The van der Waals surface area contributed by atoms with E-state index in [9.17, 15) is 14.4 Å². The number of amides is 4. The first-order chi connectivity index (χ1) is 11.5. The molecule has 0 spiro atoms. The Morgan fingerprint density at radius 1 is 1.25 bits per heavy atom. The van der Waals surface area contributed by atoms with Crippen molar-refractivity contribution in [3.05, 3.63) is 36.2 Å². The molecule has 1 aromatic heterocycles. The Hall–Kier alpha value is -3.23.